The van der Waals surface area contributed by atoms with Crippen molar-refractivity contribution in [2.24, 2.45) is 11.7 Å². The molecule has 1 saturated carbocycles. The molecule has 1 atom stereocenters. The minimum absolute atomic E-state index is 0.0449. The number of hydrogen-bond acceptors (Lipinski definition) is 3. The highest BCUT2D eigenvalue weighted by Crippen LogP contribution is 2.28. The van der Waals surface area contributed by atoms with Crippen LogP contribution in [0.25, 0.3) is 0 Å². The SMILES string of the molecule is CCC(CN)C(=O)N(CCO)C1CC1. The minimum Gasteiger partial charge on any atom is -0.395 e. The molecule has 1 fully saturated rings. The van der Waals surface area contributed by atoms with Gasteiger partial charge in [0.25, 0.3) is 0 Å². The van der Waals surface area contributed by atoms with E-state index in [1.54, 1.807) is 4.90 Å². The third kappa shape index (κ3) is 2.69. The molecule has 82 valence electrons. The van der Waals surface area contributed by atoms with Crippen LogP contribution in [-0.2, 0) is 4.79 Å². The van der Waals surface area contributed by atoms with E-state index in [9.17, 15) is 4.79 Å². The number of aliphatic hydroxyl groups excluding tert-OH is 1. The molecule has 0 bridgehead atoms. The number of carbonyl (C=O) groups is 1. The maximum absolute atomic E-state index is 11.9. The summed E-state index contributed by atoms with van der Waals surface area (Å²) >= 11 is 0. The van der Waals surface area contributed by atoms with Crippen LogP contribution in [0.1, 0.15) is 26.2 Å². The first kappa shape index (κ1) is 11.5. The van der Waals surface area contributed by atoms with Gasteiger partial charge in [0.05, 0.1) is 12.5 Å². The van der Waals surface area contributed by atoms with Crippen LogP contribution in [0.4, 0.5) is 0 Å². The van der Waals surface area contributed by atoms with Crippen LogP contribution in [0.2, 0.25) is 0 Å². The van der Waals surface area contributed by atoms with E-state index in [0.717, 1.165) is 19.3 Å². The van der Waals surface area contributed by atoms with Gasteiger partial charge in [-0.25, -0.2) is 0 Å². The van der Waals surface area contributed by atoms with Crippen molar-refractivity contribution in [3.8, 4) is 0 Å². The highest BCUT2D eigenvalue weighted by molar-refractivity contribution is 5.79. The molecule has 1 aliphatic rings. The van der Waals surface area contributed by atoms with Crippen molar-refractivity contribution < 1.29 is 9.90 Å². The van der Waals surface area contributed by atoms with Gasteiger partial charge in [-0.05, 0) is 19.3 Å². The zero-order valence-corrected chi connectivity index (χ0v) is 8.78. The van der Waals surface area contributed by atoms with E-state index in [2.05, 4.69) is 0 Å². The maximum Gasteiger partial charge on any atom is 0.227 e. The summed E-state index contributed by atoms with van der Waals surface area (Å²) in [6.45, 7) is 2.88. The molecule has 1 aliphatic carbocycles. The third-order valence-electron chi connectivity index (χ3n) is 2.74. The molecular formula is C10H20N2O2. The first-order valence-electron chi connectivity index (χ1n) is 5.36. The number of nitrogens with zero attached hydrogens (tertiary/aromatic N) is 1. The summed E-state index contributed by atoms with van der Waals surface area (Å²) in [5, 5.41) is 8.86. The van der Waals surface area contributed by atoms with Gasteiger partial charge in [-0.2, -0.15) is 0 Å². The van der Waals surface area contributed by atoms with E-state index >= 15 is 0 Å². The summed E-state index contributed by atoms with van der Waals surface area (Å²) in [6, 6.07) is 0.371. The Bertz CT molecular complexity index is 189. The van der Waals surface area contributed by atoms with Crippen molar-refractivity contribution >= 4 is 5.91 Å². The molecular weight excluding hydrogens is 180 g/mol. The topological polar surface area (TPSA) is 66.6 Å². The van der Waals surface area contributed by atoms with Crippen molar-refractivity contribution in [1.82, 2.24) is 4.90 Å². The van der Waals surface area contributed by atoms with Gasteiger partial charge in [0, 0.05) is 19.1 Å². The predicted molar refractivity (Wildman–Crippen MR) is 54.7 cm³/mol. The molecule has 4 heteroatoms. The van der Waals surface area contributed by atoms with Crippen molar-refractivity contribution in [3.05, 3.63) is 0 Å². The number of rotatable bonds is 6. The average Bonchev–Trinajstić information content (AvgIpc) is 2.99. The Hall–Kier alpha value is -0.610. The lowest BCUT2D eigenvalue weighted by Gasteiger charge is -2.25. The summed E-state index contributed by atoms with van der Waals surface area (Å²) in [7, 11) is 0. The second kappa shape index (κ2) is 5.32. The van der Waals surface area contributed by atoms with Gasteiger partial charge in [-0.15, -0.1) is 0 Å². The van der Waals surface area contributed by atoms with Gasteiger partial charge in [0.15, 0.2) is 0 Å². The Morgan fingerprint density at radius 3 is 2.64 bits per heavy atom. The summed E-state index contributed by atoms with van der Waals surface area (Å²) in [5.74, 6) is 0.0497. The molecule has 14 heavy (non-hydrogen) atoms. The molecule has 0 spiro atoms. The van der Waals surface area contributed by atoms with Gasteiger partial charge in [-0.3, -0.25) is 4.79 Å². The first-order chi connectivity index (χ1) is 6.74. The monoisotopic (exact) mass is 200 g/mol. The molecule has 1 unspecified atom stereocenters. The van der Waals surface area contributed by atoms with E-state index in [1.165, 1.54) is 0 Å². The molecule has 0 aromatic carbocycles. The van der Waals surface area contributed by atoms with Gasteiger partial charge in [0.2, 0.25) is 5.91 Å². The summed E-state index contributed by atoms with van der Waals surface area (Å²) in [6.07, 6.45) is 2.93. The maximum atomic E-state index is 11.9. The Labute approximate surface area is 85.1 Å². The largest absolute Gasteiger partial charge is 0.395 e. The van der Waals surface area contributed by atoms with Crippen molar-refractivity contribution in [2.45, 2.75) is 32.2 Å². The highest BCUT2D eigenvalue weighted by Gasteiger charge is 2.34. The van der Waals surface area contributed by atoms with E-state index in [-0.39, 0.29) is 18.4 Å². The van der Waals surface area contributed by atoms with Gasteiger partial charge in [-0.1, -0.05) is 6.92 Å². The number of carbonyl (C=O) groups excluding carboxylic acids is 1. The second-order valence-electron chi connectivity index (χ2n) is 3.83. The quantitative estimate of drug-likeness (QED) is 0.632. The molecule has 0 saturated heterocycles. The minimum atomic E-state index is -0.0675. The molecule has 0 aromatic rings. The Balaban J connectivity index is 2.52. The zero-order valence-electron chi connectivity index (χ0n) is 8.78. The van der Waals surface area contributed by atoms with Gasteiger partial charge >= 0.3 is 0 Å². The molecule has 0 aliphatic heterocycles. The van der Waals surface area contributed by atoms with Crippen molar-refractivity contribution in [3.63, 3.8) is 0 Å². The molecule has 4 nitrogen and oxygen atoms in total. The Morgan fingerprint density at radius 2 is 2.29 bits per heavy atom. The van der Waals surface area contributed by atoms with Crippen LogP contribution in [0.15, 0.2) is 0 Å². The lowest BCUT2D eigenvalue weighted by molar-refractivity contribution is -0.136. The molecule has 0 heterocycles. The van der Waals surface area contributed by atoms with Crippen LogP contribution in [0.5, 0.6) is 0 Å². The number of aliphatic hydroxyl groups is 1. The number of hydrogen-bond donors (Lipinski definition) is 2. The van der Waals surface area contributed by atoms with E-state index in [4.69, 9.17) is 10.8 Å². The molecule has 1 amide bonds. The van der Waals surface area contributed by atoms with Crippen LogP contribution < -0.4 is 5.73 Å². The Morgan fingerprint density at radius 1 is 1.64 bits per heavy atom. The fourth-order valence-electron chi connectivity index (χ4n) is 1.64. The first-order valence-corrected chi connectivity index (χ1v) is 5.36. The van der Waals surface area contributed by atoms with Crippen LogP contribution in [0.3, 0.4) is 0 Å². The predicted octanol–water partition coefficient (Wildman–Crippen LogP) is -0.0454. The van der Waals surface area contributed by atoms with Gasteiger partial charge in [0.1, 0.15) is 0 Å². The second-order valence-corrected chi connectivity index (χ2v) is 3.83. The van der Waals surface area contributed by atoms with Crippen molar-refractivity contribution in [1.29, 1.82) is 0 Å². The van der Waals surface area contributed by atoms with Crippen LogP contribution in [0, 0.1) is 5.92 Å². The Kier molecular flexibility index (Phi) is 4.35. The summed E-state index contributed by atoms with van der Waals surface area (Å²) in [5.41, 5.74) is 5.53. The molecule has 0 radical (unpaired) electrons. The molecule has 1 rings (SSSR count). The number of amides is 1. The average molecular weight is 200 g/mol. The van der Waals surface area contributed by atoms with Gasteiger partial charge < -0.3 is 15.7 Å². The van der Waals surface area contributed by atoms with E-state index in [0.29, 0.717) is 19.1 Å². The van der Waals surface area contributed by atoms with Crippen LogP contribution >= 0.6 is 0 Å². The smallest absolute Gasteiger partial charge is 0.227 e. The fourth-order valence-corrected chi connectivity index (χ4v) is 1.64. The van der Waals surface area contributed by atoms with Crippen molar-refractivity contribution in [2.75, 3.05) is 19.7 Å². The molecule has 0 aromatic heterocycles. The normalized spacial score (nSPS) is 17.9. The van der Waals surface area contributed by atoms with Crippen LogP contribution in [-0.4, -0.2) is 41.7 Å². The zero-order chi connectivity index (χ0) is 10.6. The number of nitrogens with two attached hydrogens (primary N) is 1. The lowest BCUT2D eigenvalue weighted by atomic mass is 10.1. The highest BCUT2D eigenvalue weighted by atomic mass is 16.3. The fraction of sp³-hybridized carbons (Fsp3) is 0.900. The standard InChI is InChI=1S/C10H20N2O2/c1-2-8(7-11)10(14)12(5-6-13)9-3-4-9/h8-9,13H,2-7,11H2,1H3. The lowest BCUT2D eigenvalue weighted by Crippen LogP contribution is -2.41. The van der Waals surface area contributed by atoms with E-state index < -0.39 is 0 Å². The summed E-state index contributed by atoms with van der Waals surface area (Å²) < 4.78 is 0. The summed E-state index contributed by atoms with van der Waals surface area (Å²) in [4.78, 5) is 13.7. The molecule has 3 N–H and O–H groups in total. The third-order valence-corrected chi connectivity index (χ3v) is 2.74. The van der Waals surface area contributed by atoms with E-state index in [1.807, 2.05) is 6.92 Å².